The van der Waals surface area contributed by atoms with Gasteiger partial charge in [-0.1, -0.05) is 41.1 Å². The predicted molar refractivity (Wildman–Crippen MR) is 88.6 cm³/mol. The molecule has 2 rings (SSSR count). The number of carbonyl (C=O) groups excluding carboxylic acids is 1. The molecule has 3 atom stereocenters. The first-order valence-electron chi connectivity index (χ1n) is 7.43. The summed E-state index contributed by atoms with van der Waals surface area (Å²) in [7, 11) is 0. The monoisotopic (exact) mass is 353 g/mol. The molecular weight excluding hydrogens is 330 g/mol. The zero-order valence-electron chi connectivity index (χ0n) is 12.7. The van der Waals surface area contributed by atoms with Gasteiger partial charge in [-0.3, -0.25) is 9.69 Å². The molecule has 1 aromatic carbocycles. The number of halogens is 1. The summed E-state index contributed by atoms with van der Waals surface area (Å²) >= 11 is 3.63. The number of hydrogen-bond donors (Lipinski definition) is 2. The zero-order valence-corrected chi connectivity index (χ0v) is 14.3. The third kappa shape index (κ3) is 3.30. The Morgan fingerprint density at radius 2 is 2.14 bits per heavy atom. The van der Waals surface area contributed by atoms with Crippen LogP contribution in [-0.4, -0.2) is 29.9 Å². The molecule has 0 bridgehead atoms. The normalized spacial score (nSPS) is 25.7. The number of likely N-dealkylation sites (tertiary alicyclic amines) is 1. The van der Waals surface area contributed by atoms with E-state index < -0.39 is 5.41 Å². The van der Waals surface area contributed by atoms with Gasteiger partial charge in [0.05, 0.1) is 11.5 Å². The molecule has 3 unspecified atom stereocenters. The highest BCUT2D eigenvalue weighted by molar-refractivity contribution is 9.10. The Morgan fingerprint density at radius 3 is 2.67 bits per heavy atom. The molecule has 1 saturated heterocycles. The SMILES string of the molecule is CCC(N)C(c1ccccc1Br)N1CCC(C)(C(N)=O)C1. The van der Waals surface area contributed by atoms with Crippen molar-refractivity contribution in [3.8, 4) is 0 Å². The Hall–Kier alpha value is -0.910. The van der Waals surface area contributed by atoms with Crippen LogP contribution in [0.25, 0.3) is 0 Å². The first-order chi connectivity index (χ1) is 9.89. The highest BCUT2D eigenvalue weighted by atomic mass is 79.9. The van der Waals surface area contributed by atoms with Gasteiger partial charge in [-0.25, -0.2) is 0 Å². The van der Waals surface area contributed by atoms with E-state index in [0.29, 0.717) is 6.54 Å². The number of nitrogens with zero attached hydrogens (tertiary/aromatic N) is 1. The number of primary amides is 1. The van der Waals surface area contributed by atoms with Crippen LogP contribution in [0.15, 0.2) is 28.7 Å². The Balaban J connectivity index is 2.31. The average molecular weight is 354 g/mol. The van der Waals surface area contributed by atoms with E-state index in [4.69, 9.17) is 11.5 Å². The zero-order chi connectivity index (χ0) is 15.6. The number of carbonyl (C=O) groups is 1. The van der Waals surface area contributed by atoms with E-state index >= 15 is 0 Å². The van der Waals surface area contributed by atoms with Gasteiger partial charge in [0, 0.05) is 17.1 Å². The van der Waals surface area contributed by atoms with Crippen LogP contribution in [0.1, 0.15) is 38.3 Å². The summed E-state index contributed by atoms with van der Waals surface area (Å²) in [6, 6.07) is 8.29. The smallest absolute Gasteiger partial charge is 0.224 e. The molecule has 1 aliphatic rings. The van der Waals surface area contributed by atoms with Crippen molar-refractivity contribution in [1.82, 2.24) is 4.90 Å². The lowest BCUT2D eigenvalue weighted by Crippen LogP contribution is -2.43. The second-order valence-electron chi connectivity index (χ2n) is 6.18. The first kappa shape index (κ1) is 16.5. The van der Waals surface area contributed by atoms with Crippen LogP contribution in [0.5, 0.6) is 0 Å². The van der Waals surface area contributed by atoms with Crippen molar-refractivity contribution >= 4 is 21.8 Å². The van der Waals surface area contributed by atoms with E-state index in [2.05, 4.69) is 33.8 Å². The summed E-state index contributed by atoms with van der Waals surface area (Å²) < 4.78 is 1.06. The molecule has 116 valence electrons. The molecule has 1 heterocycles. The molecule has 0 aromatic heterocycles. The largest absolute Gasteiger partial charge is 0.369 e. The number of rotatable bonds is 5. The van der Waals surface area contributed by atoms with Gasteiger partial charge in [0.2, 0.25) is 5.91 Å². The van der Waals surface area contributed by atoms with E-state index in [9.17, 15) is 4.79 Å². The summed E-state index contributed by atoms with van der Waals surface area (Å²) in [4.78, 5) is 14.0. The van der Waals surface area contributed by atoms with Crippen molar-refractivity contribution in [2.75, 3.05) is 13.1 Å². The molecule has 1 fully saturated rings. The summed E-state index contributed by atoms with van der Waals surface area (Å²) in [5.41, 5.74) is 12.7. The van der Waals surface area contributed by atoms with Gasteiger partial charge in [-0.15, -0.1) is 0 Å². The summed E-state index contributed by atoms with van der Waals surface area (Å²) in [6.45, 7) is 5.56. The maximum atomic E-state index is 11.7. The van der Waals surface area contributed by atoms with Gasteiger partial charge < -0.3 is 11.5 Å². The molecule has 0 saturated carbocycles. The van der Waals surface area contributed by atoms with E-state index in [1.54, 1.807) is 0 Å². The second-order valence-corrected chi connectivity index (χ2v) is 7.04. The third-order valence-corrected chi connectivity index (χ3v) is 5.31. The Kier molecular flexibility index (Phi) is 5.07. The van der Waals surface area contributed by atoms with Gasteiger partial charge in [0.1, 0.15) is 0 Å². The molecule has 4 nitrogen and oxygen atoms in total. The number of amides is 1. The molecule has 1 aromatic rings. The fourth-order valence-electron chi connectivity index (χ4n) is 3.07. The van der Waals surface area contributed by atoms with Crippen molar-refractivity contribution in [1.29, 1.82) is 0 Å². The molecule has 0 radical (unpaired) electrons. The molecule has 0 spiro atoms. The van der Waals surface area contributed by atoms with Crippen molar-refractivity contribution in [2.24, 2.45) is 16.9 Å². The van der Waals surface area contributed by atoms with Crippen LogP contribution in [-0.2, 0) is 4.79 Å². The minimum Gasteiger partial charge on any atom is -0.369 e. The van der Waals surface area contributed by atoms with Crippen molar-refractivity contribution in [2.45, 2.75) is 38.8 Å². The van der Waals surface area contributed by atoms with Crippen LogP contribution in [0.4, 0.5) is 0 Å². The number of hydrogen-bond acceptors (Lipinski definition) is 3. The maximum Gasteiger partial charge on any atom is 0.224 e. The van der Waals surface area contributed by atoms with E-state index in [-0.39, 0.29) is 18.0 Å². The van der Waals surface area contributed by atoms with Gasteiger partial charge in [0.15, 0.2) is 0 Å². The van der Waals surface area contributed by atoms with E-state index in [0.717, 1.165) is 23.9 Å². The lowest BCUT2D eigenvalue weighted by Gasteiger charge is -2.34. The molecule has 21 heavy (non-hydrogen) atoms. The van der Waals surface area contributed by atoms with Crippen molar-refractivity contribution in [3.05, 3.63) is 34.3 Å². The maximum absolute atomic E-state index is 11.7. The number of nitrogens with two attached hydrogens (primary N) is 2. The Bertz CT molecular complexity index is 522. The van der Waals surface area contributed by atoms with Crippen molar-refractivity contribution < 1.29 is 4.79 Å². The fourth-order valence-corrected chi connectivity index (χ4v) is 3.59. The highest BCUT2D eigenvalue weighted by Gasteiger charge is 2.42. The highest BCUT2D eigenvalue weighted by Crippen LogP contribution is 2.38. The molecule has 1 aliphatic heterocycles. The van der Waals surface area contributed by atoms with Gasteiger partial charge >= 0.3 is 0 Å². The molecule has 5 heteroatoms. The average Bonchev–Trinajstić information content (AvgIpc) is 2.85. The fraction of sp³-hybridized carbons (Fsp3) is 0.562. The van der Waals surface area contributed by atoms with Gasteiger partial charge in [-0.05, 0) is 37.9 Å². The quantitative estimate of drug-likeness (QED) is 0.853. The first-order valence-corrected chi connectivity index (χ1v) is 8.22. The second kappa shape index (κ2) is 6.46. The van der Waals surface area contributed by atoms with Crippen LogP contribution in [0, 0.1) is 5.41 Å². The van der Waals surface area contributed by atoms with Crippen LogP contribution < -0.4 is 11.5 Å². The molecule has 1 amide bonds. The predicted octanol–water partition coefficient (Wildman–Crippen LogP) is 2.42. The van der Waals surface area contributed by atoms with E-state index in [1.807, 2.05) is 25.1 Å². The summed E-state index contributed by atoms with van der Waals surface area (Å²) in [5.74, 6) is -0.221. The van der Waals surface area contributed by atoms with Crippen LogP contribution in [0.3, 0.4) is 0 Å². The minimum absolute atomic E-state index is 0.0268. The summed E-state index contributed by atoms with van der Waals surface area (Å²) in [6.07, 6.45) is 1.68. The topological polar surface area (TPSA) is 72.3 Å². The van der Waals surface area contributed by atoms with Crippen molar-refractivity contribution in [3.63, 3.8) is 0 Å². The lowest BCUT2D eigenvalue weighted by molar-refractivity contribution is -0.126. The third-order valence-electron chi connectivity index (χ3n) is 4.59. The molecular formula is C16H24BrN3O. The summed E-state index contributed by atoms with van der Waals surface area (Å²) in [5, 5.41) is 0. The molecule has 4 N–H and O–H groups in total. The lowest BCUT2D eigenvalue weighted by atomic mass is 9.89. The van der Waals surface area contributed by atoms with Crippen LogP contribution in [0.2, 0.25) is 0 Å². The minimum atomic E-state index is -0.451. The van der Waals surface area contributed by atoms with Gasteiger partial charge in [0.25, 0.3) is 0 Å². The van der Waals surface area contributed by atoms with E-state index in [1.165, 1.54) is 5.56 Å². The molecule has 0 aliphatic carbocycles. The Labute approximate surface area is 135 Å². The van der Waals surface area contributed by atoms with Gasteiger partial charge in [-0.2, -0.15) is 0 Å². The van der Waals surface area contributed by atoms with Crippen LogP contribution >= 0.6 is 15.9 Å². The number of benzene rings is 1. The standard InChI is InChI=1S/C16H24BrN3O/c1-3-13(18)14(11-6-4-5-7-12(11)17)20-9-8-16(2,10-20)15(19)21/h4-7,13-14H,3,8-10,18H2,1-2H3,(H2,19,21). The Morgan fingerprint density at radius 1 is 1.48 bits per heavy atom.